The van der Waals surface area contributed by atoms with Crippen LogP contribution in [0.5, 0.6) is 0 Å². The topological polar surface area (TPSA) is 66.5 Å². The Balaban J connectivity index is 1.48. The Kier molecular flexibility index (Phi) is 5.68. The fraction of sp³-hybridized carbons (Fsp3) is 0.0455. The fourth-order valence-corrected chi connectivity index (χ4v) is 4.21. The van der Waals surface area contributed by atoms with Crippen molar-refractivity contribution >= 4 is 73.9 Å². The summed E-state index contributed by atoms with van der Waals surface area (Å²) in [4.78, 5) is 38.7. The van der Waals surface area contributed by atoms with Gasteiger partial charge in [-0.2, -0.15) is 0 Å². The molecule has 1 heterocycles. The summed E-state index contributed by atoms with van der Waals surface area (Å²) in [6.07, 6.45) is 1.67. The lowest BCUT2D eigenvalue weighted by atomic mass is 10.1. The predicted octanol–water partition coefficient (Wildman–Crippen LogP) is 5.12. The second-order valence-corrected chi connectivity index (χ2v) is 8.63. The molecule has 0 atom stereocenters. The number of carbonyl (C=O) groups excluding carboxylic acids is 3. The molecule has 0 unspecified atom stereocenters. The minimum Gasteiger partial charge on any atom is -0.324 e. The molecule has 1 N–H and O–H groups in total. The number of anilines is 1. The molecule has 0 radical (unpaired) electrons. The Morgan fingerprint density at radius 1 is 1.00 bits per heavy atom. The highest BCUT2D eigenvalue weighted by Gasteiger charge is 2.36. The average molecular weight is 514 g/mol. The third-order valence-electron chi connectivity index (χ3n) is 4.41. The zero-order valence-corrected chi connectivity index (χ0v) is 18.1. The van der Waals surface area contributed by atoms with Crippen LogP contribution in [0.15, 0.2) is 71.6 Å². The normalized spacial score (nSPS) is 15.3. The van der Waals surface area contributed by atoms with Gasteiger partial charge in [-0.3, -0.25) is 19.3 Å². The molecule has 3 aromatic carbocycles. The number of halogens is 1. The van der Waals surface area contributed by atoms with Crippen molar-refractivity contribution in [2.75, 3.05) is 11.9 Å². The van der Waals surface area contributed by atoms with E-state index in [0.29, 0.717) is 10.6 Å². The highest BCUT2D eigenvalue weighted by molar-refractivity contribution is 14.1. The molecule has 5 nitrogen and oxygen atoms in total. The van der Waals surface area contributed by atoms with Crippen LogP contribution < -0.4 is 5.32 Å². The molecule has 7 heteroatoms. The molecule has 3 amide bonds. The summed E-state index contributed by atoms with van der Waals surface area (Å²) in [7, 11) is 0. The van der Waals surface area contributed by atoms with Crippen molar-refractivity contribution in [2.45, 2.75) is 0 Å². The van der Waals surface area contributed by atoms with Crippen molar-refractivity contribution < 1.29 is 14.4 Å². The summed E-state index contributed by atoms with van der Waals surface area (Å²) in [5.74, 6) is -0.870. The second kappa shape index (κ2) is 8.38. The largest absolute Gasteiger partial charge is 0.324 e. The molecule has 4 rings (SSSR count). The van der Waals surface area contributed by atoms with E-state index < -0.39 is 17.1 Å². The van der Waals surface area contributed by atoms with Crippen LogP contribution in [0.25, 0.3) is 16.8 Å². The van der Waals surface area contributed by atoms with E-state index in [2.05, 4.69) is 27.9 Å². The SMILES string of the molecule is O=C(CN1C(=O)S/C(=C/c2ccc(I)cc2)C1=O)Nc1cccc2ccccc12. The predicted molar refractivity (Wildman–Crippen MR) is 124 cm³/mol. The zero-order chi connectivity index (χ0) is 20.4. The lowest BCUT2D eigenvalue weighted by molar-refractivity contribution is -0.127. The Morgan fingerprint density at radius 2 is 1.72 bits per heavy atom. The minimum atomic E-state index is -0.452. The van der Waals surface area contributed by atoms with Crippen molar-refractivity contribution in [3.63, 3.8) is 0 Å². The Bertz CT molecular complexity index is 1150. The number of amides is 3. The maximum Gasteiger partial charge on any atom is 0.294 e. The summed E-state index contributed by atoms with van der Waals surface area (Å²) in [6.45, 7) is -0.322. The summed E-state index contributed by atoms with van der Waals surface area (Å²) in [5.41, 5.74) is 1.48. The van der Waals surface area contributed by atoms with E-state index in [-0.39, 0.29) is 6.54 Å². The van der Waals surface area contributed by atoms with Crippen LogP contribution in [0.4, 0.5) is 10.5 Å². The van der Waals surface area contributed by atoms with E-state index in [9.17, 15) is 14.4 Å². The number of benzene rings is 3. The summed E-state index contributed by atoms with van der Waals surface area (Å²) in [6, 6.07) is 20.9. The summed E-state index contributed by atoms with van der Waals surface area (Å²) >= 11 is 3.05. The molecule has 1 aliphatic heterocycles. The van der Waals surface area contributed by atoms with Crippen LogP contribution in [0.3, 0.4) is 0 Å². The molecule has 3 aromatic rings. The maximum absolute atomic E-state index is 12.6. The van der Waals surface area contributed by atoms with Crippen molar-refractivity contribution in [1.29, 1.82) is 0 Å². The van der Waals surface area contributed by atoms with E-state index in [1.54, 1.807) is 12.1 Å². The van der Waals surface area contributed by atoms with Crippen LogP contribution in [-0.4, -0.2) is 28.5 Å². The van der Waals surface area contributed by atoms with Crippen LogP contribution in [-0.2, 0) is 9.59 Å². The summed E-state index contributed by atoms with van der Waals surface area (Å²) in [5, 5.41) is 4.26. The summed E-state index contributed by atoms with van der Waals surface area (Å²) < 4.78 is 1.08. The van der Waals surface area contributed by atoms with Gasteiger partial charge in [0.2, 0.25) is 5.91 Å². The molecular formula is C22H15IN2O3S. The van der Waals surface area contributed by atoms with Gasteiger partial charge in [-0.15, -0.1) is 0 Å². The third kappa shape index (κ3) is 4.35. The highest BCUT2D eigenvalue weighted by atomic mass is 127. The van der Waals surface area contributed by atoms with E-state index >= 15 is 0 Å². The minimum absolute atomic E-state index is 0.314. The number of nitrogens with one attached hydrogen (secondary N) is 1. The first kappa shape index (κ1) is 19.7. The van der Waals surface area contributed by atoms with Crippen molar-refractivity contribution in [3.05, 3.63) is 80.8 Å². The maximum atomic E-state index is 12.6. The van der Waals surface area contributed by atoms with Crippen molar-refractivity contribution in [2.24, 2.45) is 0 Å². The van der Waals surface area contributed by atoms with Crippen molar-refractivity contribution in [1.82, 2.24) is 4.90 Å². The molecule has 29 heavy (non-hydrogen) atoms. The third-order valence-corrected chi connectivity index (χ3v) is 6.03. The average Bonchev–Trinajstić information content (AvgIpc) is 2.97. The first-order chi connectivity index (χ1) is 14.0. The van der Waals surface area contributed by atoms with Gasteiger partial charge in [-0.05, 0) is 69.6 Å². The number of thioether (sulfide) groups is 1. The number of hydrogen-bond acceptors (Lipinski definition) is 4. The molecule has 0 spiro atoms. The highest BCUT2D eigenvalue weighted by Crippen LogP contribution is 2.32. The standard InChI is InChI=1S/C22H15IN2O3S/c23-16-10-8-14(9-11-16)12-19-21(27)25(22(28)29-19)13-20(26)24-18-7-3-5-15-4-1-2-6-17(15)18/h1-12H,13H2,(H,24,26)/b19-12+. The number of hydrogen-bond donors (Lipinski definition) is 1. The van der Waals surface area contributed by atoms with Gasteiger partial charge < -0.3 is 5.32 Å². The number of fused-ring (bicyclic) bond motifs is 1. The monoisotopic (exact) mass is 514 g/mol. The molecule has 0 aliphatic carbocycles. The number of rotatable bonds is 4. The van der Waals surface area contributed by atoms with Crippen LogP contribution >= 0.6 is 34.4 Å². The zero-order valence-electron chi connectivity index (χ0n) is 15.1. The van der Waals surface area contributed by atoms with Gasteiger partial charge in [0.15, 0.2) is 0 Å². The number of carbonyl (C=O) groups is 3. The van der Waals surface area contributed by atoms with Gasteiger partial charge in [0.1, 0.15) is 6.54 Å². The molecule has 1 saturated heterocycles. The molecule has 1 aliphatic rings. The van der Waals surface area contributed by atoms with Crippen LogP contribution in [0.1, 0.15) is 5.56 Å². The number of nitrogens with zero attached hydrogens (tertiary/aromatic N) is 1. The number of imide groups is 1. The Morgan fingerprint density at radius 3 is 2.52 bits per heavy atom. The van der Waals surface area contributed by atoms with Crippen LogP contribution in [0, 0.1) is 3.57 Å². The van der Waals surface area contributed by atoms with Gasteiger partial charge >= 0.3 is 0 Å². The molecular weight excluding hydrogens is 499 g/mol. The smallest absolute Gasteiger partial charge is 0.294 e. The molecule has 0 aromatic heterocycles. The van der Waals surface area contributed by atoms with Gasteiger partial charge in [0.25, 0.3) is 11.1 Å². The fourth-order valence-electron chi connectivity index (χ4n) is 3.01. The van der Waals surface area contributed by atoms with Crippen molar-refractivity contribution in [3.8, 4) is 0 Å². The quantitative estimate of drug-likeness (QED) is 0.388. The van der Waals surface area contributed by atoms with Crippen LogP contribution in [0.2, 0.25) is 0 Å². The first-order valence-corrected chi connectivity index (χ1v) is 10.7. The Hall–Kier alpha value is -2.65. The molecule has 0 saturated carbocycles. The lowest BCUT2D eigenvalue weighted by Crippen LogP contribution is -2.36. The van der Waals surface area contributed by atoms with E-state index in [1.807, 2.05) is 60.7 Å². The second-order valence-electron chi connectivity index (χ2n) is 6.39. The van der Waals surface area contributed by atoms with Gasteiger partial charge in [0, 0.05) is 14.6 Å². The molecule has 0 bridgehead atoms. The van der Waals surface area contributed by atoms with E-state index in [0.717, 1.165) is 36.6 Å². The first-order valence-electron chi connectivity index (χ1n) is 8.80. The van der Waals surface area contributed by atoms with Gasteiger partial charge in [0.05, 0.1) is 4.91 Å². The van der Waals surface area contributed by atoms with E-state index in [4.69, 9.17) is 0 Å². The molecule has 1 fully saturated rings. The van der Waals surface area contributed by atoms with Gasteiger partial charge in [-0.25, -0.2) is 0 Å². The van der Waals surface area contributed by atoms with Gasteiger partial charge in [-0.1, -0.05) is 48.5 Å². The lowest BCUT2D eigenvalue weighted by Gasteiger charge is -2.13. The Labute approximate surface area is 185 Å². The van der Waals surface area contributed by atoms with E-state index in [1.165, 1.54) is 0 Å². The molecule has 144 valence electrons.